The molecule has 1 aliphatic heterocycles. The Bertz CT molecular complexity index is 900. The minimum Gasteiger partial charge on any atom is -0.224 e. The number of halogens is 1. The third kappa shape index (κ3) is 2.37. The van der Waals surface area contributed by atoms with Crippen molar-refractivity contribution in [2.24, 2.45) is 0 Å². The fourth-order valence-corrected chi connectivity index (χ4v) is 6.91. The van der Waals surface area contributed by atoms with Gasteiger partial charge in [-0.3, -0.25) is 0 Å². The number of sulfone groups is 2. The van der Waals surface area contributed by atoms with Gasteiger partial charge in [0.25, 0.3) is 0 Å². The lowest BCUT2D eigenvalue weighted by atomic mass is 10.2. The highest BCUT2D eigenvalue weighted by Crippen LogP contribution is 2.40. The zero-order chi connectivity index (χ0) is 15.3. The molecule has 1 unspecified atom stereocenters. The van der Waals surface area contributed by atoms with Crippen molar-refractivity contribution in [1.29, 1.82) is 0 Å². The van der Waals surface area contributed by atoms with E-state index in [9.17, 15) is 16.8 Å². The molecule has 0 fully saturated rings. The maximum absolute atomic E-state index is 12.7. The van der Waals surface area contributed by atoms with Gasteiger partial charge in [-0.2, -0.15) is 0 Å². The average Bonchev–Trinajstić information content (AvgIpc) is 2.73. The van der Waals surface area contributed by atoms with E-state index in [0.717, 1.165) is 0 Å². The summed E-state index contributed by atoms with van der Waals surface area (Å²) in [6, 6.07) is 12.0. The number of hydrogen-bond donors (Lipinski definition) is 0. The molecule has 0 saturated carbocycles. The predicted octanol–water partition coefficient (Wildman–Crippen LogP) is 2.64. The molecule has 0 N–H and O–H groups in total. The van der Waals surface area contributed by atoms with Crippen LogP contribution in [0.5, 0.6) is 0 Å². The van der Waals surface area contributed by atoms with E-state index in [1.807, 2.05) is 0 Å². The molecule has 0 aromatic heterocycles. The molecule has 1 atom stereocenters. The van der Waals surface area contributed by atoms with Crippen molar-refractivity contribution in [2.75, 3.05) is 5.75 Å². The van der Waals surface area contributed by atoms with E-state index >= 15 is 0 Å². The Balaban J connectivity index is 2.16. The molecule has 1 aliphatic rings. The van der Waals surface area contributed by atoms with Crippen LogP contribution in [-0.2, 0) is 19.7 Å². The number of fused-ring (bicyclic) bond motifs is 1. The summed E-state index contributed by atoms with van der Waals surface area (Å²) >= 11 is 5.76. The second kappa shape index (κ2) is 4.83. The summed E-state index contributed by atoms with van der Waals surface area (Å²) in [5, 5.41) is -0.645. The van der Waals surface area contributed by atoms with Crippen LogP contribution >= 0.6 is 11.6 Å². The third-order valence-corrected chi connectivity index (χ3v) is 7.86. The van der Waals surface area contributed by atoms with Crippen molar-refractivity contribution >= 4 is 31.3 Å². The zero-order valence-electron chi connectivity index (χ0n) is 10.7. The van der Waals surface area contributed by atoms with Crippen LogP contribution < -0.4 is 0 Å². The first-order valence-electron chi connectivity index (χ1n) is 6.13. The molecule has 3 rings (SSSR count). The fourth-order valence-electron chi connectivity index (χ4n) is 2.45. The highest BCUT2D eigenvalue weighted by molar-refractivity contribution is 7.96. The van der Waals surface area contributed by atoms with E-state index in [-0.39, 0.29) is 9.79 Å². The van der Waals surface area contributed by atoms with Gasteiger partial charge in [0.15, 0.2) is 19.7 Å². The Morgan fingerprint density at radius 2 is 1.62 bits per heavy atom. The Kier molecular flexibility index (Phi) is 3.35. The van der Waals surface area contributed by atoms with E-state index in [0.29, 0.717) is 10.6 Å². The van der Waals surface area contributed by atoms with E-state index in [1.54, 1.807) is 18.2 Å². The van der Waals surface area contributed by atoms with E-state index < -0.39 is 30.7 Å². The molecule has 110 valence electrons. The largest absolute Gasteiger partial charge is 0.224 e. The maximum atomic E-state index is 12.7. The topological polar surface area (TPSA) is 68.3 Å². The molecule has 0 saturated heterocycles. The van der Waals surface area contributed by atoms with Gasteiger partial charge in [0.2, 0.25) is 0 Å². The van der Waals surface area contributed by atoms with Gasteiger partial charge in [0.1, 0.15) is 5.25 Å². The lowest BCUT2D eigenvalue weighted by molar-refractivity contribution is 0.582. The van der Waals surface area contributed by atoms with Crippen LogP contribution in [-0.4, -0.2) is 22.6 Å². The molecule has 21 heavy (non-hydrogen) atoms. The first-order chi connectivity index (χ1) is 9.82. The molecule has 0 amide bonds. The van der Waals surface area contributed by atoms with Gasteiger partial charge in [0, 0.05) is 5.02 Å². The maximum Gasteiger partial charge on any atom is 0.186 e. The molecule has 2 aromatic carbocycles. The Morgan fingerprint density at radius 1 is 1.00 bits per heavy atom. The van der Waals surface area contributed by atoms with Gasteiger partial charge < -0.3 is 0 Å². The number of rotatable bonds is 2. The smallest absolute Gasteiger partial charge is 0.186 e. The summed E-state index contributed by atoms with van der Waals surface area (Å²) < 4.78 is 49.6. The average molecular weight is 343 g/mol. The van der Waals surface area contributed by atoms with Crippen LogP contribution in [0.15, 0.2) is 58.3 Å². The summed E-state index contributed by atoms with van der Waals surface area (Å²) in [6.45, 7) is 0. The van der Waals surface area contributed by atoms with Gasteiger partial charge in [-0.25, -0.2) is 16.8 Å². The molecule has 0 radical (unpaired) electrons. The Hall–Kier alpha value is -1.37. The second-order valence-corrected chi connectivity index (χ2v) is 9.38. The first kappa shape index (κ1) is 14.6. The molecular formula is C14H11ClO4S2. The minimum absolute atomic E-state index is 0.0730. The standard InChI is InChI=1S/C14H11ClO4S2/c15-10-5-7-11(8-6-10)21(18,19)14-9-20(16,17)13-4-2-1-3-12(13)14/h1-8,14H,9H2. The predicted molar refractivity (Wildman–Crippen MR) is 79.9 cm³/mol. The molecule has 0 spiro atoms. The molecule has 4 nitrogen and oxygen atoms in total. The van der Waals surface area contributed by atoms with Crippen molar-refractivity contribution in [3.8, 4) is 0 Å². The summed E-state index contributed by atoms with van der Waals surface area (Å²) in [5.74, 6) is -0.419. The van der Waals surface area contributed by atoms with Crippen LogP contribution in [0.1, 0.15) is 10.8 Å². The SMILES string of the molecule is O=S1(=O)CC(S(=O)(=O)c2ccc(Cl)cc2)c2ccccc21. The normalized spacial score (nSPS) is 20.1. The van der Waals surface area contributed by atoms with Crippen LogP contribution in [0.25, 0.3) is 0 Å². The monoisotopic (exact) mass is 342 g/mol. The van der Waals surface area contributed by atoms with Crippen LogP contribution in [0, 0.1) is 0 Å². The molecule has 7 heteroatoms. The van der Waals surface area contributed by atoms with Crippen molar-refractivity contribution in [2.45, 2.75) is 15.0 Å². The van der Waals surface area contributed by atoms with Crippen molar-refractivity contribution in [3.63, 3.8) is 0 Å². The van der Waals surface area contributed by atoms with Gasteiger partial charge in [-0.15, -0.1) is 0 Å². The van der Waals surface area contributed by atoms with Gasteiger partial charge in [0.05, 0.1) is 15.5 Å². The molecule has 2 aromatic rings. The van der Waals surface area contributed by atoms with Gasteiger partial charge >= 0.3 is 0 Å². The zero-order valence-corrected chi connectivity index (χ0v) is 13.1. The second-order valence-electron chi connectivity index (χ2n) is 4.81. The summed E-state index contributed by atoms with van der Waals surface area (Å²) in [5.41, 5.74) is 0.340. The van der Waals surface area contributed by atoms with E-state index in [4.69, 9.17) is 11.6 Å². The number of benzene rings is 2. The quantitative estimate of drug-likeness (QED) is 0.841. The Morgan fingerprint density at radius 3 is 2.29 bits per heavy atom. The highest BCUT2D eigenvalue weighted by atomic mass is 35.5. The van der Waals surface area contributed by atoms with Crippen LogP contribution in [0.3, 0.4) is 0 Å². The van der Waals surface area contributed by atoms with Crippen molar-refractivity contribution in [1.82, 2.24) is 0 Å². The lowest BCUT2D eigenvalue weighted by Crippen LogP contribution is -2.15. The highest BCUT2D eigenvalue weighted by Gasteiger charge is 2.42. The molecule has 0 aliphatic carbocycles. The van der Waals surface area contributed by atoms with Crippen molar-refractivity contribution in [3.05, 3.63) is 59.1 Å². The van der Waals surface area contributed by atoms with Crippen molar-refractivity contribution < 1.29 is 16.8 Å². The summed E-state index contributed by atoms with van der Waals surface area (Å²) in [6.07, 6.45) is 0. The van der Waals surface area contributed by atoms with E-state index in [2.05, 4.69) is 0 Å². The molecule has 0 bridgehead atoms. The molecule has 1 heterocycles. The van der Waals surface area contributed by atoms with Crippen LogP contribution in [0.2, 0.25) is 5.02 Å². The summed E-state index contributed by atoms with van der Waals surface area (Å²) in [4.78, 5) is 0.177. The third-order valence-electron chi connectivity index (χ3n) is 3.49. The van der Waals surface area contributed by atoms with E-state index in [1.165, 1.54) is 30.3 Å². The first-order valence-corrected chi connectivity index (χ1v) is 9.71. The van der Waals surface area contributed by atoms with Gasteiger partial charge in [-0.1, -0.05) is 29.8 Å². The molecular weight excluding hydrogens is 332 g/mol. The van der Waals surface area contributed by atoms with Gasteiger partial charge in [-0.05, 0) is 35.9 Å². The van der Waals surface area contributed by atoms with Crippen LogP contribution in [0.4, 0.5) is 0 Å². The number of hydrogen-bond acceptors (Lipinski definition) is 4. The fraction of sp³-hybridized carbons (Fsp3) is 0.143. The minimum atomic E-state index is -3.78. The lowest BCUT2D eigenvalue weighted by Gasteiger charge is -2.11. The summed E-state index contributed by atoms with van der Waals surface area (Å²) in [7, 11) is -7.34. The Labute approximate surface area is 128 Å².